The van der Waals surface area contributed by atoms with Crippen LogP contribution in [0.25, 0.3) is 11.0 Å². The SMILES string of the molecule is CCc1ccc(NC(C)=O)cc1Nc1nc(C)nc2[nH]c(C)cc12. The van der Waals surface area contributed by atoms with Crippen LogP contribution in [-0.4, -0.2) is 20.9 Å². The lowest BCUT2D eigenvalue weighted by Crippen LogP contribution is -2.07. The summed E-state index contributed by atoms with van der Waals surface area (Å²) in [5, 5.41) is 7.18. The average Bonchev–Trinajstić information content (AvgIpc) is 2.87. The van der Waals surface area contributed by atoms with Gasteiger partial charge in [-0.3, -0.25) is 4.79 Å². The molecule has 0 spiro atoms. The van der Waals surface area contributed by atoms with E-state index in [-0.39, 0.29) is 5.91 Å². The van der Waals surface area contributed by atoms with E-state index >= 15 is 0 Å². The highest BCUT2D eigenvalue weighted by molar-refractivity contribution is 5.92. The van der Waals surface area contributed by atoms with Crippen LogP contribution in [0.15, 0.2) is 24.3 Å². The van der Waals surface area contributed by atoms with Gasteiger partial charge in [0.05, 0.1) is 5.39 Å². The van der Waals surface area contributed by atoms with Gasteiger partial charge in [-0.05, 0) is 44.0 Å². The van der Waals surface area contributed by atoms with Crippen LogP contribution in [0.2, 0.25) is 0 Å². The number of hydrogen-bond donors (Lipinski definition) is 3. The molecule has 0 fully saturated rings. The highest BCUT2D eigenvalue weighted by Crippen LogP contribution is 2.28. The van der Waals surface area contributed by atoms with E-state index in [4.69, 9.17) is 0 Å². The summed E-state index contributed by atoms with van der Waals surface area (Å²) in [6.45, 7) is 7.46. The summed E-state index contributed by atoms with van der Waals surface area (Å²) < 4.78 is 0. The minimum absolute atomic E-state index is 0.0910. The highest BCUT2D eigenvalue weighted by atomic mass is 16.1. The molecular weight excluding hydrogens is 302 g/mol. The van der Waals surface area contributed by atoms with Gasteiger partial charge in [-0.25, -0.2) is 9.97 Å². The Balaban J connectivity index is 2.05. The van der Waals surface area contributed by atoms with Gasteiger partial charge in [0.25, 0.3) is 0 Å². The monoisotopic (exact) mass is 323 g/mol. The molecule has 0 radical (unpaired) electrons. The summed E-state index contributed by atoms with van der Waals surface area (Å²) in [5.41, 5.74) is 4.70. The van der Waals surface area contributed by atoms with Crippen LogP contribution in [0.3, 0.4) is 0 Å². The number of aryl methyl sites for hydroxylation is 3. The first-order valence-electron chi connectivity index (χ1n) is 7.97. The van der Waals surface area contributed by atoms with Crippen LogP contribution < -0.4 is 10.6 Å². The molecule has 1 aromatic carbocycles. The summed E-state index contributed by atoms with van der Waals surface area (Å²) in [4.78, 5) is 23.5. The van der Waals surface area contributed by atoms with Crippen molar-refractivity contribution in [3.8, 4) is 0 Å². The van der Waals surface area contributed by atoms with Gasteiger partial charge in [0, 0.05) is 24.0 Å². The van der Waals surface area contributed by atoms with Crippen molar-refractivity contribution >= 4 is 34.1 Å². The molecule has 0 aliphatic heterocycles. The Morgan fingerprint density at radius 2 is 2.00 bits per heavy atom. The lowest BCUT2D eigenvalue weighted by atomic mass is 10.1. The maximum absolute atomic E-state index is 11.3. The number of hydrogen-bond acceptors (Lipinski definition) is 4. The normalized spacial score (nSPS) is 10.8. The maximum atomic E-state index is 11.3. The van der Waals surface area contributed by atoms with Crippen molar-refractivity contribution in [3.63, 3.8) is 0 Å². The standard InChI is InChI=1S/C18H21N5O/c1-5-13-6-7-14(22-12(4)24)9-16(13)23-18-15-8-10(2)19-17(15)20-11(3)21-18/h6-9H,5H2,1-4H3,(H,22,24)(H2,19,20,21,23). The van der Waals surface area contributed by atoms with Crippen LogP contribution in [0.1, 0.15) is 30.9 Å². The van der Waals surface area contributed by atoms with Crippen molar-refractivity contribution in [2.75, 3.05) is 10.6 Å². The fourth-order valence-electron chi connectivity index (χ4n) is 2.76. The van der Waals surface area contributed by atoms with Gasteiger partial charge in [0.1, 0.15) is 17.3 Å². The molecule has 1 amide bonds. The number of nitrogens with zero attached hydrogens (tertiary/aromatic N) is 2. The second-order valence-corrected chi connectivity index (χ2v) is 5.87. The second-order valence-electron chi connectivity index (χ2n) is 5.87. The Morgan fingerprint density at radius 3 is 2.71 bits per heavy atom. The molecule has 3 N–H and O–H groups in total. The minimum atomic E-state index is -0.0910. The van der Waals surface area contributed by atoms with Gasteiger partial charge in [-0.1, -0.05) is 13.0 Å². The first kappa shape index (κ1) is 16.0. The molecule has 2 aromatic heterocycles. The van der Waals surface area contributed by atoms with Gasteiger partial charge in [0.2, 0.25) is 5.91 Å². The molecule has 24 heavy (non-hydrogen) atoms. The third kappa shape index (κ3) is 3.22. The van der Waals surface area contributed by atoms with E-state index in [9.17, 15) is 4.79 Å². The van der Waals surface area contributed by atoms with Crippen LogP contribution >= 0.6 is 0 Å². The number of carbonyl (C=O) groups is 1. The van der Waals surface area contributed by atoms with E-state index in [0.717, 1.165) is 45.9 Å². The third-order valence-electron chi connectivity index (χ3n) is 3.80. The lowest BCUT2D eigenvalue weighted by Gasteiger charge is -2.13. The van der Waals surface area contributed by atoms with Crippen LogP contribution in [0.4, 0.5) is 17.2 Å². The van der Waals surface area contributed by atoms with Crippen LogP contribution in [-0.2, 0) is 11.2 Å². The Kier molecular flexibility index (Phi) is 4.20. The quantitative estimate of drug-likeness (QED) is 0.681. The van der Waals surface area contributed by atoms with E-state index in [1.807, 2.05) is 38.1 Å². The third-order valence-corrected chi connectivity index (χ3v) is 3.80. The first-order valence-corrected chi connectivity index (χ1v) is 7.97. The molecule has 0 aliphatic carbocycles. The van der Waals surface area contributed by atoms with Crippen LogP contribution in [0.5, 0.6) is 0 Å². The molecule has 2 heterocycles. The molecule has 3 rings (SSSR count). The predicted molar refractivity (Wildman–Crippen MR) is 96.8 cm³/mol. The zero-order valence-corrected chi connectivity index (χ0v) is 14.3. The molecule has 3 aromatic rings. The minimum Gasteiger partial charge on any atom is -0.343 e. The number of amides is 1. The molecule has 0 saturated carbocycles. The Morgan fingerprint density at radius 1 is 1.21 bits per heavy atom. The molecule has 0 aliphatic rings. The Hall–Kier alpha value is -2.89. The van der Waals surface area contributed by atoms with Crippen LogP contribution in [0, 0.1) is 13.8 Å². The molecule has 124 valence electrons. The summed E-state index contributed by atoms with van der Waals surface area (Å²) in [5.74, 6) is 1.37. The van der Waals surface area contributed by atoms with Crippen molar-refractivity contribution < 1.29 is 4.79 Å². The molecule has 6 nitrogen and oxygen atoms in total. The topological polar surface area (TPSA) is 82.7 Å². The van der Waals surface area contributed by atoms with Crippen molar-refractivity contribution in [1.82, 2.24) is 15.0 Å². The van der Waals surface area contributed by atoms with E-state index in [2.05, 4.69) is 32.5 Å². The summed E-state index contributed by atoms with van der Waals surface area (Å²) in [7, 11) is 0. The lowest BCUT2D eigenvalue weighted by molar-refractivity contribution is -0.114. The average molecular weight is 323 g/mol. The second kappa shape index (κ2) is 6.31. The number of aromatic nitrogens is 3. The summed E-state index contributed by atoms with van der Waals surface area (Å²) in [6, 6.07) is 7.89. The van der Waals surface area contributed by atoms with E-state index in [0.29, 0.717) is 5.82 Å². The number of nitrogens with one attached hydrogen (secondary N) is 3. The number of anilines is 3. The van der Waals surface area contributed by atoms with Gasteiger partial charge in [-0.15, -0.1) is 0 Å². The largest absolute Gasteiger partial charge is 0.343 e. The van der Waals surface area contributed by atoms with Gasteiger partial charge in [-0.2, -0.15) is 0 Å². The van der Waals surface area contributed by atoms with Crippen molar-refractivity contribution in [1.29, 1.82) is 0 Å². The number of fused-ring (bicyclic) bond motifs is 1. The van der Waals surface area contributed by atoms with E-state index < -0.39 is 0 Å². The predicted octanol–water partition coefficient (Wildman–Crippen LogP) is 3.84. The molecule has 0 atom stereocenters. The van der Waals surface area contributed by atoms with Gasteiger partial charge >= 0.3 is 0 Å². The Labute approximate surface area is 140 Å². The first-order chi connectivity index (χ1) is 11.5. The summed E-state index contributed by atoms with van der Waals surface area (Å²) >= 11 is 0. The van der Waals surface area contributed by atoms with Crippen molar-refractivity contribution in [2.45, 2.75) is 34.1 Å². The Bertz CT molecular complexity index is 913. The van der Waals surface area contributed by atoms with Gasteiger partial charge in [0.15, 0.2) is 0 Å². The molecule has 0 unspecified atom stereocenters. The smallest absolute Gasteiger partial charge is 0.221 e. The molecule has 6 heteroatoms. The number of aromatic amines is 1. The molecule has 0 saturated heterocycles. The van der Waals surface area contributed by atoms with E-state index in [1.54, 1.807) is 0 Å². The summed E-state index contributed by atoms with van der Waals surface area (Å²) in [6.07, 6.45) is 0.877. The maximum Gasteiger partial charge on any atom is 0.221 e. The van der Waals surface area contributed by atoms with E-state index in [1.165, 1.54) is 6.92 Å². The zero-order chi connectivity index (χ0) is 17.3. The number of H-pyrrole nitrogens is 1. The molecular formula is C18H21N5O. The number of benzene rings is 1. The van der Waals surface area contributed by atoms with Gasteiger partial charge < -0.3 is 15.6 Å². The van der Waals surface area contributed by atoms with Crippen molar-refractivity contribution in [3.05, 3.63) is 41.3 Å². The molecule has 0 bridgehead atoms. The zero-order valence-electron chi connectivity index (χ0n) is 14.3. The fourth-order valence-corrected chi connectivity index (χ4v) is 2.76. The fraction of sp³-hybridized carbons (Fsp3) is 0.278. The number of carbonyl (C=O) groups excluding carboxylic acids is 1. The number of rotatable bonds is 4. The van der Waals surface area contributed by atoms with Crippen molar-refractivity contribution in [2.24, 2.45) is 0 Å². The highest BCUT2D eigenvalue weighted by Gasteiger charge is 2.11.